The van der Waals surface area contributed by atoms with Crippen molar-refractivity contribution in [3.63, 3.8) is 0 Å². The lowest BCUT2D eigenvalue weighted by molar-refractivity contribution is -0.136. The number of amides is 2. The van der Waals surface area contributed by atoms with Crippen molar-refractivity contribution in [2.24, 2.45) is 0 Å². The quantitative estimate of drug-likeness (QED) is 0.602. The van der Waals surface area contributed by atoms with Gasteiger partial charge in [-0.2, -0.15) is 0 Å². The van der Waals surface area contributed by atoms with E-state index in [4.69, 9.17) is 0 Å². The summed E-state index contributed by atoms with van der Waals surface area (Å²) in [5, 5.41) is 3.25. The Hall–Kier alpha value is -1.16. The highest BCUT2D eigenvalue weighted by Crippen LogP contribution is 2.18. The Bertz CT molecular complexity index is 251. The molecule has 2 amide bonds. The highest BCUT2D eigenvalue weighted by Gasteiger charge is 2.24. The second kappa shape index (κ2) is 3.30. The highest BCUT2D eigenvalue weighted by molar-refractivity contribution is 6.12. The molecule has 13 heavy (non-hydrogen) atoms. The van der Waals surface area contributed by atoms with Gasteiger partial charge in [-0.25, -0.2) is 0 Å². The maximum Gasteiger partial charge on any atom is 0.253 e. The van der Waals surface area contributed by atoms with E-state index in [9.17, 15) is 9.59 Å². The van der Waals surface area contributed by atoms with Gasteiger partial charge in [-0.15, -0.1) is 0 Å². The summed E-state index contributed by atoms with van der Waals surface area (Å²) < 4.78 is 0. The zero-order valence-corrected chi connectivity index (χ0v) is 7.32. The number of hydrogen-bond donors (Lipinski definition) is 1. The Morgan fingerprint density at radius 1 is 1.31 bits per heavy atom. The molecule has 0 radical (unpaired) electrons. The van der Waals surface area contributed by atoms with Crippen molar-refractivity contribution < 1.29 is 9.59 Å². The van der Waals surface area contributed by atoms with Crippen LogP contribution in [-0.4, -0.2) is 35.8 Å². The number of rotatable bonds is 4. The molecule has 0 unspecified atom stereocenters. The summed E-state index contributed by atoms with van der Waals surface area (Å²) in [5.74, 6) is -0.384. The molecule has 1 heterocycles. The standard InChI is InChI=1S/C9H12N2O2/c12-8-3-4-9(13)11(8)6-5-10-7-1-2-7/h3-4,7,10H,1-2,5-6H2. The highest BCUT2D eigenvalue weighted by atomic mass is 16.2. The lowest BCUT2D eigenvalue weighted by Crippen LogP contribution is -2.36. The average molecular weight is 180 g/mol. The second-order valence-corrected chi connectivity index (χ2v) is 3.39. The van der Waals surface area contributed by atoms with Gasteiger partial charge in [0.2, 0.25) is 0 Å². The zero-order chi connectivity index (χ0) is 9.26. The van der Waals surface area contributed by atoms with Crippen LogP contribution in [0.5, 0.6) is 0 Å². The Kier molecular flexibility index (Phi) is 2.14. The fraction of sp³-hybridized carbons (Fsp3) is 0.556. The lowest BCUT2D eigenvalue weighted by Gasteiger charge is -2.13. The Labute approximate surface area is 76.6 Å². The van der Waals surface area contributed by atoms with Crippen LogP contribution in [0.4, 0.5) is 0 Å². The van der Waals surface area contributed by atoms with Gasteiger partial charge in [0.25, 0.3) is 11.8 Å². The maximum absolute atomic E-state index is 11.1. The molecule has 70 valence electrons. The molecule has 0 aromatic rings. The summed E-state index contributed by atoms with van der Waals surface area (Å²) in [7, 11) is 0. The summed E-state index contributed by atoms with van der Waals surface area (Å²) in [4.78, 5) is 23.4. The van der Waals surface area contributed by atoms with Crippen molar-refractivity contribution >= 4 is 11.8 Å². The summed E-state index contributed by atoms with van der Waals surface area (Å²) in [6, 6.07) is 0.626. The molecular weight excluding hydrogens is 168 g/mol. The van der Waals surface area contributed by atoms with Gasteiger partial charge in [0.1, 0.15) is 0 Å². The number of carbonyl (C=O) groups is 2. The monoisotopic (exact) mass is 180 g/mol. The number of nitrogens with one attached hydrogen (secondary N) is 1. The van der Waals surface area contributed by atoms with E-state index in [1.807, 2.05) is 0 Å². The van der Waals surface area contributed by atoms with E-state index in [-0.39, 0.29) is 11.8 Å². The second-order valence-electron chi connectivity index (χ2n) is 3.39. The molecule has 0 atom stereocenters. The van der Waals surface area contributed by atoms with Crippen LogP contribution in [0.25, 0.3) is 0 Å². The zero-order valence-electron chi connectivity index (χ0n) is 7.32. The maximum atomic E-state index is 11.1. The first-order valence-electron chi connectivity index (χ1n) is 4.54. The topological polar surface area (TPSA) is 49.4 Å². The van der Waals surface area contributed by atoms with Crippen molar-refractivity contribution in [1.29, 1.82) is 0 Å². The molecule has 0 spiro atoms. The molecule has 0 aromatic heterocycles. The molecule has 4 nitrogen and oxygen atoms in total. The van der Waals surface area contributed by atoms with Crippen LogP contribution in [0, 0.1) is 0 Å². The van der Waals surface area contributed by atoms with Gasteiger partial charge in [-0.05, 0) is 12.8 Å². The number of nitrogens with zero attached hydrogens (tertiary/aromatic N) is 1. The predicted octanol–water partition coefficient (Wildman–Crippen LogP) is -0.337. The molecule has 0 aromatic carbocycles. The van der Waals surface area contributed by atoms with Crippen molar-refractivity contribution in [2.75, 3.05) is 13.1 Å². The third-order valence-electron chi connectivity index (χ3n) is 2.25. The molecule has 1 aliphatic carbocycles. The first-order chi connectivity index (χ1) is 6.27. The molecule has 2 aliphatic rings. The molecule has 0 saturated heterocycles. The van der Waals surface area contributed by atoms with E-state index in [0.29, 0.717) is 19.1 Å². The van der Waals surface area contributed by atoms with Gasteiger partial charge in [0.15, 0.2) is 0 Å². The van der Waals surface area contributed by atoms with E-state index >= 15 is 0 Å². The van der Waals surface area contributed by atoms with Crippen LogP contribution >= 0.6 is 0 Å². The van der Waals surface area contributed by atoms with E-state index < -0.39 is 0 Å². The van der Waals surface area contributed by atoms with Crippen LogP contribution in [0.15, 0.2) is 12.2 Å². The molecule has 1 fully saturated rings. The Morgan fingerprint density at radius 2 is 1.92 bits per heavy atom. The number of hydrogen-bond acceptors (Lipinski definition) is 3. The largest absolute Gasteiger partial charge is 0.312 e. The molecule has 4 heteroatoms. The van der Waals surface area contributed by atoms with Gasteiger partial charge in [-0.1, -0.05) is 0 Å². The van der Waals surface area contributed by atoms with E-state index in [0.717, 1.165) is 0 Å². The first-order valence-corrected chi connectivity index (χ1v) is 4.54. The van der Waals surface area contributed by atoms with Crippen molar-refractivity contribution in [1.82, 2.24) is 10.2 Å². The van der Waals surface area contributed by atoms with Gasteiger partial charge >= 0.3 is 0 Å². The Morgan fingerprint density at radius 3 is 2.46 bits per heavy atom. The van der Waals surface area contributed by atoms with E-state index in [2.05, 4.69) is 5.32 Å². The van der Waals surface area contributed by atoms with E-state index in [1.165, 1.54) is 29.9 Å². The summed E-state index contributed by atoms with van der Waals surface area (Å²) in [6.45, 7) is 1.20. The Balaban J connectivity index is 1.73. The molecule has 1 aliphatic heterocycles. The molecular formula is C9H12N2O2. The minimum atomic E-state index is -0.192. The SMILES string of the molecule is O=C1C=CC(=O)N1CCNC1CC1. The van der Waals surface area contributed by atoms with Crippen LogP contribution in [0.2, 0.25) is 0 Å². The minimum absolute atomic E-state index is 0.192. The average Bonchev–Trinajstić information content (AvgIpc) is 2.86. The lowest BCUT2D eigenvalue weighted by atomic mass is 10.5. The van der Waals surface area contributed by atoms with Gasteiger partial charge in [0, 0.05) is 31.3 Å². The van der Waals surface area contributed by atoms with Crippen LogP contribution < -0.4 is 5.32 Å². The van der Waals surface area contributed by atoms with Crippen LogP contribution in [-0.2, 0) is 9.59 Å². The smallest absolute Gasteiger partial charge is 0.253 e. The minimum Gasteiger partial charge on any atom is -0.312 e. The normalized spacial score (nSPS) is 21.7. The van der Waals surface area contributed by atoms with Crippen molar-refractivity contribution in [2.45, 2.75) is 18.9 Å². The van der Waals surface area contributed by atoms with Crippen LogP contribution in [0.1, 0.15) is 12.8 Å². The van der Waals surface area contributed by atoms with E-state index in [1.54, 1.807) is 0 Å². The number of imide groups is 1. The molecule has 2 rings (SSSR count). The van der Waals surface area contributed by atoms with Crippen molar-refractivity contribution in [3.05, 3.63) is 12.2 Å². The van der Waals surface area contributed by atoms with Gasteiger partial charge in [0.05, 0.1) is 0 Å². The van der Waals surface area contributed by atoms with Gasteiger partial charge in [-0.3, -0.25) is 14.5 Å². The number of carbonyl (C=O) groups excluding carboxylic acids is 2. The molecule has 0 bridgehead atoms. The summed E-state index contributed by atoms with van der Waals surface area (Å²) >= 11 is 0. The first kappa shape index (κ1) is 8.44. The summed E-state index contributed by atoms with van der Waals surface area (Å²) in [6.07, 6.45) is 5.08. The van der Waals surface area contributed by atoms with Crippen molar-refractivity contribution in [3.8, 4) is 0 Å². The molecule has 1 saturated carbocycles. The fourth-order valence-electron chi connectivity index (χ4n) is 1.32. The third kappa shape index (κ3) is 1.95. The van der Waals surface area contributed by atoms with Gasteiger partial charge < -0.3 is 5.32 Å². The third-order valence-corrected chi connectivity index (χ3v) is 2.25. The van der Waals surface area contributed by atoms with Crippen LogP contribution in [0.3, 0.4) is 0 Å². The predicted molar refractivity (Wildman–Crippen MR) is 46.9 cm³/mol. The fourth-order valence-corrected chi connectivity index (χ4v) is 1.32. The summed E-state index contributed by atoms with van der Waals surface area (Å²) in [5.41, 5.74) is 0. The molecule has 1 N–H and O–H groups in total.